The zero-order valence-corrected chi connectivity index (χ0v) is 13.6. The number of amides is 1. The van der Waals surface area contributed by atoms with E-state index in [4.69, 9.17) is 10.5 Å². The lowest BCUT2D eigenvalue weighted by Gasteiger charge is -2.11. The van der Waals surface area contributed by atoms with E-state index in [-0.39, 0.29) is 6.61 Å². The zero-order chi connectivity index (χ0) is 17.8. The van der Waals surface area contributed by atoms with Gasteiger partial charge in [-0.3, -0.25) is 4.79 Å². The van der Waals surface area contributed by atoms with E-state index in [2.05, 4.69) is 11.2 Å². The van der Waals surface area contributed by atoms with E-state index in [0.29, 0.717) is 28.3 Å². The molecule has 0 bridgehead atoms. The van der Waals surface area contributed by atoms with Crippen molar-refractivity contribution < 1.29 is 9.53 Å². The number of hydrogen-bond donors (Lipinski definition) is 1. The van der Waals surface area contributed by atoms with Crippen molar-refractivity contribution in [1.82, 2.24) is 9.78 Å². The van der Waals surface area contributed by atoms with Gasteiger partial charge < -0.3 is 10.5 Å². The highest BCUT2D eigenvalue weighted by molar-refractivity contribution is 5.95. The van der Waals surface area contributed by atoms with Crippen LogP contribution >= 0.6 is 0 Å². The van der Waals surface area contributed by atoms with Crippen LogP contribution in [-0.2, 0) is 6.61 Å². The number of nitriles is 1. The molecule has 0 spiro atoms. The monoisotopic (exact) mass is 332 g/mol. The van der Waals surface area contributed by atoms with Crippen LogP contribution in [0, 0.1) is 18.3 Å². The minimum absolute atomic E-state index is 0.0862. The summed E-state index contributed by atoms with van der Waals surface area (Å²) < 4.78 is 7.47. The lowest BCUT2D eigenvalue weighted by molar-refractivity contribution is 0.0996. The van der Waals surface area contributed by atoms with Gasteiger partial charge in [0.05, 0.1) is 22.6 Å². The van der Waals surface area contributed by atoms with Gasteiger partial charge in [-0.1, -0.05) is 30.3 Å². The molecule has 6 heteroatoms. The fourth-order valence-electron chi connectivity index (χ4n) is 2.58. The Hall–Kier alpha value is -3.59. The normalized spacial score (nSPS) is 10.2. The molecule has 0 aliphatic heterocycles. The second-order valence-corrected chi connectivity index (χ2v) is 5.42. The summed E-state index contributed by atoms with van der Waals surface area (Å²) in [6.07, 6.45) is 0. The van der Waals surface area contributed by atoms with E-state index in [1.54, 1.807) is 35.9 Å². The summed E-state index contributed by atoms with van der Waals surface area (Å²) in [5.74, 6) is -0.193. The summed E-state index contributed by atoms with van der Waals surface area (Å²) in [6, 6.07) is 18.4. The van der Waals surface area contributed by atoms with Gasteiger partial charge in [-0.15, -0.1) is 0 Å². The fourth-order valence-corrected chi connectivity index (χ4v) is 2.58. The number of primary amides is 1. The van der Waals surface area contributed by atoms with E-state index in [1.807, 2.05) is 30.3 Å². The van der Waals surface area contributed by atoms with E-state index in [0.717, 1.165) is 5.69 Å². The maximum atomic E-state index is 11.5. The smallest absolute Gasteiger partial charge is 0.252 e. The molecular formula is C19H16N4O2. The average Bonchev–Trinajstić information content (AvgIpc) is 2.96. The predicted octanol–water partition coefficient (Wildman–Crippen LogP) is 2.73. The number of carbonyl (C=O) groups excluding carboxylic acids is 1. The molecule has 1 aromatic heterocycles. The maximum Gasteiger partial charge on any atom is 0.252 e. The largest absolute Gasteiger partial charge is 0.486 e. The van der Waals surface area contributed by atoms with Crippen molar-refractivity contribution in [3.63, 3.8) is 0 Å². The topological polar surface area (TPSA) is 93.9 Å². The van der Waals surface area contributed by atoms with Crippen molar-refractivity contribution in [1.29, 1.82) is 5.26 Å². The first-order valence-corrected chi connectivity index (χ1v) is 7.67. The third kappa shape index (κ3) is 3.21. The Labute approximate surface area is 145 Å². The van der Waals surface area contributed by atoms with E-state index < -0.39 is 5.91 Å². The van der Waals surface area contributed by atoms with Crippen molar-refractivity contribution in [2.75, 3.05) is 0 Å². The SMILES string of the molecule is Cc1nn(-c2ccccc2)c(COc2ccccc2C(N)=O)c1C#N. The standard InChI is InChI=1S/C19H16N4O2/c1-13-16(11-20)17(23(22-13)14-7-3-2-4-8-14)12-25-18-10-6-5-9-15(18)19(21)24/h2-10H,12H2,1H3,(H2,21,24). The molecule has 3 aromatic rings. The van der Waals surface area contributed by atoms with Crippen molar-refractivity contribution in [3.05, 3.63) is 77.1 Å². The van der Waals surface area contributed by atoms with Crippen LogP contribution in [0.1, 0.15) is 27.3 Å². The van der Waals surface area contributed by atoms with Crippen LogP contribution in [-0.4, -0.2) is 15.7 Å². The molecule has 0 aliphatic carbocycles. The second-order valence-electron chi connectivity index (χ2n) is 5.42. The highest BCUT2D eigenvalue weighted by Crippen LogP contribution is 2.22. The summed E-state index contributed by atoms with van der Waals surface area (Å²) in [5.41, 5.74) is 8.19. The first-order valence-electron chi connectivity index (χ1n) is 7.67. The number of rotatable bonds is 5. The van der Waals surface area contributed by atoms with Crippen LogP contribution in [0.15, 0.2) is 54.6 Å². The van der Waals surface area contributed by atoms with Gasteiger partial charge in [-0.05, 0) is 31.2 Å². The van der Waals surface area contributed by atoms with Crippen LogP contribution in [0.4, 0.5) is 0 Å². The first-order chi connectivity index (χ1) is 12.1. The summed E-state index contributed by atoms with van der Waals surface area (Å²) in [4.78, 5) is 11.5. The molecule has 2 aromatic carbocycles. The van der Waals surface area contributed by atoms with Gasteiger partial charge in [0.15, 0.2) is 0 Å². The van der Waals surface area contributed by atoms with Crippen LogP contribution in [0.25, 0.3) is 5.69 Å². The Morgan fingerprint density at radius 3 is 2.56 bits per heavy atom. The van der Waals surface area contributed by atoms with Crippen LogP contribution in [0.5, 0.6) is 5.75 Å². The second kappa shape index (κ2) is 6.89. The average molecular weight is 332 g/mol. The van der Waals surface area contributed by atoms with Gasteiger partial charge >= 0.3 is 0 Å². The minimum Gasteiger partial charge on any atom is -0.486 e. The molecule has 6 nitrogen and oxygen atoms in total. The molecular weight excluding hydrogens is 316 g/mol. The number of aromatic nitrogens is 2. The van der Waals surface area contributed by atoms with Gasteiger partial charge in [0.25, 0.3) is 5.91 Å². The summed E-state index contributed by atoms with van der Waals surface area (Å²) in [7, 11) is 0. The molecule has 1 heterocycles. The minimum atomic E-state index is -0.566. The number of nitrogens with zero attached hydrogens (tertiary/aromatic N) is 3. The van der Waals surface area contributed by atoms with Gasteiger partial charge in [0, 0.05) is 0 Å². The van der Waals surface area contributed by atoms with Crippen molar-refractivity contribution in [2.24, 2.45) is 5.73 Å². The Balaban J connectivity index is 1.98. The molecule has 0 unspecified atom stereocenters. The number of nitrogens with two attached hydrogens (primary N) is 1. The Kier molecular flexibility index (Phi) is 4.48. The number of aryl methyl sites for hydroxylation is 1. The van der Waals surface area contributed by atoms with Gasteiger partial charge in [0.1, 0.15) is 24.0 Å². The van der Waals surface area contributed by atoms with Gasteiger partial charge in [0.2, 0.25) is 0 Å². The molecule has 0 saturated carbocycles. The quantitative estimate of drug-likeness (QED) is 0.777. The molecule has 0 fully saturated rings. The van der Waals surface area contributed by atoms with Gasteiger partial charge in [-0.25, -0.2) is 4.68 Å². The molecule has 1 amide bonds. The van der Waals surface area contributed by atoms with Crippen molar-refractivity contribution in [3.8, 4) is 17.5 Å². The Morgan fingerprint density at radius 1 is 1.20 bits per heavy atom. The number of benzene rings is 2. The number of hydrogen-bond acceptors (Lipinski definition) is 4. The molecule has 0 atom stereocenters. The molecule has 2 N–H and O–H groups in total. The zero-order valence-electron chi connectivity index (χ0n) is 13.6. The lowest BCUT2D eigenvalue weighted by atomic mass is 10.2. The molecule has 124 valence electrons. The molecule has 0 radical (unpaired) electrons. The van der Waals surface area contributed by atoms with E-state index in [9.17, 15) is 10.1 Å². The third-order valence-corrected chi connectivity index (χ3v) is 3.79. The summed E-state index contributed by atoms with van der Waals surface area (Å²) in [5, 5.41) is 13.9. The molecule has 25 heavy (non-hydrogen) atoms. The molecule has 0 aliphatic rings. The first kappa shape index (κ1) is 16.3. The van der Waals surface area contributed by atoms with E-state index >= 15 is 0 Å². The fraction of sp³-hybridized carbons (Fsp3) is 0.105. The Bertz CT molecular complexity index is 955. The number of carbonyl (C=O) groups is 1. The van der Waals surface area contributed by atoms with Crippen LogP contribution in [0.3, 0.4) is 0 Å². The summed E-state index contributed by atoms with van der Waals surface area (Å²) >= 11 is 0. The van der Waals surface area contributed by atoms with E-state index in [1.165, 1.54) is 0 Å². The highest BCUT2D eigenvalue weighted by Gasteiger charge is 2.18. The molecule has 0 saturated heterocycles. The van der Waals surface area contributed by atoms with Crippen LogP contribution < -0.4 is 10.5 Å². The van der Waals surface area contributed by atoms with Gasteiger partial charge in [-0.2, -0.15) is 10.4 Å². The molecule has 3 rings (SSSR count). The maximum absolute atomic E-state index is 11.5. The lowest BCUT2D eigenvalue weighted by Crippen LogP contribution is -2.14. The highest BCUT2D eigenvalue weighted by atomic mass is 16.5. The number of para-hydroxylation sites is 2. The Morgan fingerprint density at radius 2 is 1.88 bits per heavy atom. The summed E-state index contributed by atoms with van der Waals surface area (Å²) in [6.45, 7) is 1.86. The third-order valence-electron chi connectivity index (χ3n) is 3.79. The van der Waals surface area contributed by atoms with Crippen molar-refractivity contribution >= 4 is 5.91 Å². The van der Waals surface area contributed by atoms with Crippen LogP contribution in [0.2, 0.25) is 0 Å². The number of ether oxygens (including phenoxy) is 1. The predicted molar refractivity (Wildman–Crippen MR) is 92.3 cm³/mol. The van der Waals surface area contributed by atoms with Crippen molar-refractivity contribution in [2.45, 2.75) is 13.5 Å².